The minimum Gasteiger partial charge on any atom is -0.394 e. The summed E-state index contributed by atoms with van der Waals surface area (Å²) in [6.07, 6.45) is 5.37. The highest BCUT2D eigenvalue weighted by Gasteiger charge is 2.13. The van der Waals surface area contributed by atoms with Crippen LogP contribution in [-0.2, 0) is 18.4 Å². The number of ketones is 1. The number of aryl methyl sites for hydroxylation is 1. The lowest BCUT2D eigenvalue weighted by Crippen LogP contribution is -2.25. The van der Waals surface area contributed by atoms with Gasteiger partial charge in [-0.25, -0.2) is 4.39 Å². The van der Waals surface area contributed by atoms with E-state index in [2.05, 4.69) is 10.4 Å². The predicted octanol–water partition coefficient (Wildman–Crippen LogP) is 1.43. The van der Waals surface area contributed by atoms with E-state index in [9.17, 15) is 18.8 Å². The summed E-state index contributed by atoms with van der Waals surface area (Å²) in [5.41, 5.74) is 5.83. The second-order valence-electron chi connectivity index (χ2n) is 6.31. The van der Waals surface area contributed by atoms with Crippen molar-refractivity contribution >= 4 is 17.4 Å². The molecule has 0 unspecified atom stereocenters. The number of allylic oxidation sites excluding steroid dienone is 1. The number of nitrogens with one attached hydrogen (secondary N) is 1. The standard InChI is InChI=1S/C20H18FN5O3/c1-25-7-3-6-16(20(25)29)18(27)9-17(22)19(28)24-15-10-23-26(12-15)11-13-4-2-5-14(21)8-13/h2-10,12H,11,22H2,1H3,(H,24,28). The van der Waals surface area contributed by atoms with Crippen LogP contribution in [0.4, 0.5) is 10.1 Å². The molecule has 0 saturated carbocycles. The molecule has 1 amide bonds. The average molecular weight is 395 g/mol. The van der Waals surface area contributed by atoms with E-state index in [1.54, 1.807) is 24.4 Å². The fourth-order valence-corrected chi connectivity index (χ4v) is 2.61. The van der Waals surface area contributed by atoms with Crippen LogP contribution in [-0.4, -0.2) is 26.0 Å². The SMILES string of the molecule is Cn1cccc(C(=O)C=C(N)C(=O)Nc2cnn(Cc3cccc(F)c3)c2)c1=O. The van der Waals surface area contributed by atoms with E-state index in [-0.39, 0.29) is 17.1 Å². The number of rotatable bonds is 6. The predicted molar refractivity (Wildman–Crippen MR) is 105 cm³/mol. The molecule has 0 aliphatic heterocycles. The minimum absolute atomic E-state index is 0.0892. The van der Waals surface area contributed by atoms with Gasteiger partial charge in [-0.1, -0.05) is 12.1 Å². The Labute approximate surface area is 165 Å². The third-order valence-electron chi connectivity index (χ3n) is 4.06. The number of aromatic nitrogens is 3. The smallest absolute Gasteiger partial charge is 0.271 e. The first-order valence-corrected chi connectivity index (χ1v) is 8.59. The Morgan fingerprint density at radius 1 is 1.28 bits per heavy atom. The van der Waals surface area contributed by atoms with Crippen LogP contribution >= 0.6 is 0 Å². The molecule has 9 heteroatoms. The van der Waals surface area contributed by atoms with Crippen molar-refractivity contribution in [2.24, 2.45) is 12.8 Å². The number of hydrogen-bond acceptors (Lipinski definition) is 5. The number of nitrogens with zero attached hydrogens (tertiary/aromatic N) is 3. The average Bonchev–Trinajstić information content (AvgIpc) is 3.10. The molecule has 0 bridgehead atoms. The van der Waals surface area contributed by atoms with Crippen molar-refractivity contribution in [1.82, 2.24) is 14.3 Å². The maximum atomic E-state index is 13.3. The molecule has 0 aliphatic rings. The van der Waals surface area contributed by atoms with Crippen LogP contribution in [0.3, 0.4) is 0 Å². The quantitative estimate of drug-likeness (QED) is 0.484. The zero-order valence-corrected chi connectivity index (χ0v) is 15.5. The van der Waals surface area contributed by atoms with Crippen LogP contribution in [0, 0.1) is 5.82 Å². The molecule has 1 aromatic carbocycles. The fraction of sp³-hybridized carbons (Fsp3) is 0.100. The van der Waals surface area contributed by atoms with Crippen LogP contribution in [0.25, 0.3) is 0 Å². The van der Waals surface area contributed by atoms with Gasteiger partial charge in [0.15, 0.2) is 5.78 Å². The first-order valence-electron chi connectivity index (χ1n) is 8.59. The van der Waals surface area contributed by atoms with E-state index >= 15 is 0 Å². The lowest BCUT2D eigenvalue weighted by Gasteiger charge is -2.04. The molecular weight excluding hydrogens is 377 g/mol. The molecule has 0 fully saturated rings. The van der Waals surface area contributed by atoms with Crippen LogP contribution in [0.1, 0.15) is 15.9 Å². The number of anilines is 1. The summed E-state index contributed by atoms with van der Waals surface area (Å²) < 4.78 is 16.0. The first kappa shape index (κ1) is 19.7. The summed E-state index contributed by atoms with van der Waals surface area (Å²) in [6, 6.07) is 9.00. The molecule has 0 saturated heterocycles. The summed E-state index contributed by atoms with van der Waals surface area (Å²) in [5, 5.41) is 6.61. The molecular formula is C20H18FN5O3. The Balaban J connectivity index is 1.67. The van der Waals surface area contributed by atoms with Crippen molar-refractivity contribution in [3.05, 3.63) is 94.1 Å². The summed E-state index contributed by atoms with van der Waals surface area (Å²) in [6.45, 7) is 0.314. The van der Waals surface area contributed by atoms with Gasteiger partial charge in [-0.05, 0) is 29.8 Å². The Bertz CT molecular complexity index is 1160. The Morgan fingerprint density at radius 3 is 2.83 bits per heavy atom. The van der Waals surface area contributed by atoms with Gasteiger partial charge in [0.1, 0.15) is 11.5 Å². The monoisotopic (exact) mass is 395 g/mol. The number of carbonyl (C=O) groups excluding carboxylic acids is 2. The highest BCUT2D eigenvalue weighted by Crippen LogP contribution is 2.10. The third-order valence-corrected chi connectivity index (χ3v) is 4.06. The number of pyridine rings is 1. The lowest BCUT2D eigenvalue weighted by atomic mass is 10.1. The lowest BCUT2D eigenvalue weighted by molar-refractivity contribution is -0.112. The van der Waals surface area contributed by atoms with E-state index in [1.165, 1.54) is 46.9 Å². The van der Waals surface area contributed by atoms with Crippen LogP contribution in [0.2, 0.25) is 0 Å². The fourth-order valence-electron chi connectivity index (χ4n) is 2.61. The summed E-state index contributed by atoms with van der Waals surface area (Å²) in [4.78, 5) is 36.4. The van der Waals surface area contributed by atoms with Gasteiger partial charge in [-0.2, -0.15) is 5.10 Å². The van der Waals surface area contributed by atoms with Crippen molar-refractivity contribution in [2.45, 2.75) is 6.54 Å². The molecule has 8 nitrogen and oxygen atoms in total. The van der Waals surface area contributed by atoms with Crippen LogP contribution in [0.5, 0.6) is 0 Å². The molecule has 0 spiro atoms. The van der Waals surface area contributed by atoms with Crippen molar-refractivity contribution < 1.29 is 14.0 Å². The van der Waals surface area contributed by atoms with Crippen LogP contribution < -0.4 is 16.6 Å². The Hall–Kier alpha value is -4.01. The number of carbonyl (C=O) groups is 2. The van der Waals surface area contributed by atoms with Crippen molar-refractivity contribution in [3.8, 4) is 0 Å². The summed E-state index contributed by atoms with van der Waals surface area (Å²) in [7, 11) is 1.51. The minimum atomic E-state index is -0.712. The number of hydrogen-bond donors (Lipinski definition) is 2. The van der Waals surface area contributed by atoms with Gasteiger partial charge < -0.3 is 15.6 Å². The van der Waals surface area contributed by atoms with E-state index in [0.29, 0.717) is 17.8 Å². The zero-order valence-electron chi connectivity index (χ0n) is 15.5. The van der Waals surface area contributed by atoms with E-state index < -0.39 is 17.2 Å². The Kier molecular flexibility index (Phi) is 5.68. The van der Waals surface area contributed by atoms with Gasteiger partial charge in [0.05, 0.1) is 24.0 Å². The molecule has 2 heterocycles. The molecule has 3 N–H and O–H groups in total. The van der Waals surface area contributed by atoms with Gasteiger partial charge in [0, 0.05) is 25.5 Å². The number of amides is 1. The number of halogens is 1. The largest absolute Gasteiger partial charge is 0.394 e. The molecule has 0 atom stereocenters. The Morgan fingerprint density at radius 2 is 2.07 bits per heavy atom. The van der Waals surface area contributed by atoms with E-state index in [1.807, 2.05) is 0 Å². The summed E-state index contributed by atoms with van der Waals surface area (Å²) >= 11 is 0. The normalized spacial score (nSPS) is 11.3. The molecule has 3 rings (SSSR count). The molecule has 3 aromatic rings. The number of nitrogens with two attached hydrogens (primary N) is 1. The van der Waals surface area contributed by atoms with Gasteiger partial charge >= 0.3 is 0 Å². The van der Waals surface area contributed by atoms with Gasteiger partial charge in [-0.3, -0.25) is 19.1 Å². The molecule has 0 radical (unpaired) electrons. The van der Waals surface area contributed by atoms with Gasteiger partial charge in [0.25, 0.3) is 11.5 Å². The molecule has 29 heavy (non-hydrogen) atoms. The molecule has 2 aromatic heterocycles. The first-order chi connectivity index (χ1) is 13.8. The van der Waals surface area contributed by atoms with E-state index in [4.69, 9.17) is 5.73 Å². The third kappa shape index (κ3) is 4.83. The van der Waals surface area contributed by atoms with Gasteiger partial charge in [-0.15, -0.1) is 0 Å². The van der Waals surface area contributed by atoms with Gasteiger partial charge in [0.2, 0.25) is 0 Å². The van der Waals surface area contributed by atoms with Crippen molar-refractivity contribution in [2.75, 3.05) is 5.32 Å². The maximum absolute atomic E-state index is 13.3. The number of benzene rings is 1. The topological polar surface area (TPSA) is 112 Å². The van der Waals surface area contributed by atoms with E-state index in [0.717, 1.165) is 6.08 Å². The van der Waals surface area contributed by atoms with Crippen LogP contribution in [0.15, 0.2) is 71.6 Å². The zero-order chi connectivity index (χ0) is 21.0. The highest BCUT2D eigenvalue weighted by atomic mass is 19.1. The maximum Gasteiger partial charge on any atom is 0.271 e. The molecule has 148 valence electrons. The second kappa shape index (κ2) is 8.34. The highest BCUT2D eigenvalue weighted by molar-refractivity contribution is 6.11. The summed E-state index contributed by atoms with van der Waals surface area (Å²) in [5.74, 6) is -1.73. The van der Waals surface area contributed by atoms with Crippen molar-refractivity contribution in [3.63, 3.8) is 0 Å². The van der Waals surface area contributed by atoms with Crippen molar-refractivity contribution in [1.29, 1.82) is 0 Å². The molecule has 0 aliphatic carbocycles. The second-order valence-corrected chi connectivity index (χ2v) is 6.31.